The van der Waals surface area contributed by atoms with Gasteiger partial charge >= 0.3 is 12.0 Å². The molecule has 1 saturated heterocycles. The minimum atomic E-state index is -0.735. The fraction of sp³-hybridized carbons (Fsp3) is 0.500. The highest BCUT2D eigenvalue weighted by molar-refractivity contribution is 6.01. The first-order valence-corrected chi connectivity index (χ1v) is 9.47. The minimum absolute atomic E-state index is 0.0218. The average Bonchev–Trinajstić information content (AvgIpc) is 3.07. The smallest absolute Gasteiger partial charge is 0.321 e. The summed E-state index contributed by atoms with van der Waals surface area (Å²) in [5.41, 5.74) is 1.54. The third-order valence-corrected chi connectivity index (χ3v) is 4.67. The second kappa shape index (κ2) is 9.90. The number of esters is 1. The predicted octanol–water partition coefficient (Wildman–Crippen LogP) is 1.52. The van der Waals surface area contributed by atoms with E-state index < -0.39 is 30.4 Å². The summed E-state index contributed by atoms with van der Waals surface area (Å²) in [4.78, 5) is 49.6. The molecule has 1 aromatic rings. The number of nitrogens with zero attached hydrogens (tertiary/aromatic N) is 1. The molecule has 0 unspecified atom stereocenters. The lowest BCUT2D eigenvalue weighted by molar-refractivity contribution is -0.152. The van der Waals surface area contributed by atoms with Gasteiger partial charge in [-0.05, 0) is 38.0 Å². The lowest BCUT2D eigenvalue weighted by Gasteiger charge is -2.20. The summed E-state index contributed by atoms with van der Waals surface area (Å²) in [6.07, 6.45) is 0.695. The van der Waals surface area contributed by atoms with Crippen LogP contribution >= 0.6 is 0 Å². The van der Waals surface area contributed by atoms with Crippen molar-refractivity contribution in [1.29, 1.82) is 0 Å². The first-order chi connectivity index (χ1) is 13.7. The van der Waals surface area contributed by atoms with E-state index in [1.807, 2.05) is 26.0 Å². The Kier molecular flexibility index (Phi) is 7.58. The summed E-state index contributed by atoms with van der Waals surface area (Å²) in [7, 11) is 1.51. The topological polar surface area (TPSA) is 114 Å². The number of carbonyl (C=O) groups excluding carboxylic acids is 4. The first-order valence-electron chi connectivity index (χ1n) is 9.47. The van der Waals surface area contributed by atoms with E-state index in [0.29, 0.717) is 17.9 Å². The van der Waals surface area contributed by atoms with Gasteiger partial charge < -0.3 is 19.7 Å². The molecule has 2 rings (SSSR count). The zero-order valence-corrected chi connectivity index (χ0v) is 17.1. The van der Waals surface area contributed by atoms with Crippen molar-refractivity contribution >= 4 is 29.5 Å². The molecule has 2 atom stereocenters. The standard InChI is InChI=1S/C20H27N3O6/c1-5-13(3)21-20(27)22-17(24)11-29-19(26)14-9-18(25)23(10-14)15-8-12(2)6-7-16(15)28-4/h6-8,13-14H,5,9-11H2,1-4H3,(H2,21,22,24,27)/t13-,14+/m0/s1. The van der Waals surface area contributed by atoms with Crippen molar-refractivity contribution in [1.82, 2.24) is 10.6 Å². The minimum Gasteiger partial charge on any atom is -0.495 e. The molecule has 0 aliphatic carbocycles. The molecule has 0 radical (unpaired) electrons. The van der Waals surface area contributed by atoms with E-state index in [1.165, 1.54) is 12.0 Å². The Morgan fingerprint density at radius 2 is 2.03 bits per heavy atom. The maximum absolute atomic E-state index is 12.4. The van der Waals surface area contributed by atoms with Gasteiger partial charge in [0.15, 0.2) is 6.61 Å². The monoisotopic (exact) mass is 405 g/mol. The summed E-state index contributed by atoms with van der Waals surface area (Å²) >= 11 is 0. The second-order valence-electron chi connectivity index (χ2n) is 7.02. The molecule has 29 heavy (non-hydrogen) atoms. The SMILES string of the molecule is CC[C@H](C)NC(=O)NC(=O)COC(=O)[C@@H]1CC(=O)N(c2cc(C)ccc2OC)C1. The van der Waals surface area contributed by atoms with Crippen LogP contribution in [0.4, 0.5) is 10.5 Å². The van der Waals surface area contributed by atoms with Gasteiger partial charge in [0.1, 0.15) is 5.75 Å². The number of rotatable bonds is 7. The van der Waals surface area contributed by atoms with Crippen LogP contribution in [-0.2, 0) is 19.1 Å². The number of hydrogen-bond acceptors (Lipinski definition) is 6. The Hall–Kier alpha value is -3.10. The van der Waals surface area contributed by atoms with E-state index in [9.17, 15) is 19.2 Å². The highest BCUT2D eigenvalue weighted by Gasteiger charge is 2.37. The zero-order valence-electron chi connectivity index (χ0n) is 17.1. The molecule has 0 saturated carbocycles. The normalized spacial score (nSPS) is 16.9. The molecule has 158 valence electrons. The summed E-state index contributed by atoms with van der Waals surface area (Å²) in [5, 5.41) is 4.67. The molecular formula is C20H27N3O6. The number of nitrogens with one attached hydrogen (secondary N) is 2. The fourth-order valence-corrected chi connectivity index (χ4v) is 2.89. The molecule has 1 heterocycles. The molecule has 9 heteroatoms. The van der Waals surface area contributed by atoms with E-state index in [-0.39, 0.29) is 24.9 Å². The van der Waals surface area contributed by atoms with E-state index >= 15 is 0 Å². The Labute approximate surface area is 169 Å². The third-order valence-electron chi connectivity index (χ3n) is 4.67. The van der Waals surface area contributed by atoms with Crippen molar-refractivity contribution in [2.75, 3.05) is 25.2 Å². The molecule has 1 fully saturated rings. The lowest BCUT2D eigenvalue weighted by atomic mass is 10.1. The van der Waals surface area contributed by atoms with Crippen molar-refractivity contribution in [3.8, 4) is 5.75 Å². The van der Waals surface area contributed by atoms with Gasteiger partial charge in [0.25, 0.3) is 5.91 Å². The molecule has 0 spiro atoms. The van der Waals surface area contributed by atoms with Crippen molar-refractivity contribution in [2.24, 2.45) is 5.92 Å². The van der Waals surface area contributed by atoms with Crippen LogP contribution in [0.5, 0.6) is 5.75 Å². The van der Waals surface area contributed by atoms with Gasteiger partial charge in [-0.1, -0.05) is 13.0 Å². The average molecular weight is 405 g/mol. The van der Waals surface area contributed by atoms with Crippen LogP contribution in [-0.4, -0.2) is 50.1 Å². The van der Waals surface area contributed by atoms with E-state index in [2.05, 4.69) is 10.6 Å². The molecular weight excluding hydrogens is 378 g/mol. The maximum Gasteiger partial charge on any atom is 0.321 e. The van der Waals surface area contributed by atoms with Crippen molar-refractivity contribution in [3.05, 3.63) is 23.8 Å². The van der Waals surface area contributed by atoms with Gasteiger partial charge in [-0.3, -0.25) is 19.7 Å². The third kappa shape index (κ3) is 5.94. The fourth-order valence-electron chi connectivity index (χ4n) is 2.89. The zero-order chi connectivity index (χ0) is 21.6. The van der Waals surface area contributed by atoms with Crippen molar-refractivity contribution in [2.45, 2.75) is 39.7 Å². The number of anilines is 1. The molecule has 9 nitrogen and oxygen atoms in total. The number of benzene rings is 1. The van der Waals surface area contributed by atoms with Crippen LogP contribution < -0.4 is 20.3 Å². The van der Waals surface area contributed by atoms with Crippen LogP contribution in [0.1, 0.15) is 32.3 Å². The summed E-state index contributed by atoms with van der Waals surface area (Å²) < 4.78 is 10.3. The largest absolute Gasteiger partial charge is 0.495 e. The van der Waals surface area contributed by atoms with Crippen LogP contribution in [0.15, 0.2) is 18.2 Å². The molecule has 1 aliphatic heterocycles. The quantitative estimate of drug-likeness (QED) is 0.665. The maximum atomic E-state index is 12.4. The van der Waals surface area contributed by atoms with E-state index in [1.54, 1.807) is 13.0 Å². The molecule has 1 aliphatic rings. The molecule has 4 amide bonds. The van der Waals surface area contributed by atoms with Gasteiger partial charge in [-0.15, -0.1) is 0 Å². The molecule has 1 aromatic carbocycles. The number of aryl methyl sites for hydroxylation is 1. The predicted molar refractivity (Wildman–Crippen MR) is 106 cm³/mol. The summed E-state index contributed by atoms with van der Waals surface area (Å²) in [6.45, 7) is 5.13. The Bertz CT molecular complexity index is 794. The van der Waals surface area contributed by atoms with E-state index in [0.717, 1.165) is 5.56 Å². The summed E-state index contributed by atoms with van der Waals surface area (Å²) in [5.74, 6) is -1.79. The van der Waals surface area contributed by atoms with Crippen LogP contribution in [0, 0.1) is 12.8 Å². The number of methoxy groups -OCH3 is 1. The number of imide groups is 1. The second-order valence-corrected chi connectivity index (χ2v) is 7.02. The van der Waals surface area contributed by atoms with Gasteiger partial charge in [0.05, 0.1) is 18.7 Å². The Morgan fingerprint density at radius 1 is 1.31 bits per heavy atom. The Balaban J connectivity index is 1.90. The van der Waals surface area contributed by atoms with Crippen molar-refractivity contribution < 1.29 is 28.7 Å². The Morgan fingerprint density at radius 3 is 2.69 bits per heavy atom. The first kappa shape index (κ1) is 22.2. The van der Waals surface area contributed by atoms with E-state index in [4.69, 9.17) is 9.47 Å². The number of amides is 4. The molecule has 2 N–H and O–H groups in total. The number of carbonyl (C=O) groups is 4. The van der Waals surface area contributed by atoms with Gasteiger partial charge in [0, 0.05) is 19.0 Å². The van der Waals surface area contributed by atoms with Crippen LogP contribution in [0.25, 0.3) is 0 Å². The number of ether oxygens (including phenoxy) is 2. The highest BCUT2D eigenvalue weighted by Crippen LogP contribution is 2.34. The van der Waals surface area contributed by atoms with Crippen LogP contribution in [0.2, 0.25) is 0 Å². The summed E-state index contributed by atoms with van der Waals surface area (Å²) in [6, 6.07) is 4.71. The van der Waals surface area contributed by atoms with Crippen molar-refractivity contribution in [3.63, 3.8) is 0 Å². The van der Waals surface area contributed by atoms with Gasteiger partial charge in [-0.2, -0.15) is 0 Å². The van der Waals surface area contributed by atoms with Gasteiger partial charge in [-0.25, -0.2) is 4.79 Å². The number of urea groups is 1. The number of hydrogen-bond donors (Lipinski definition) is 2. The van der Waals surface area contributed by atoms with Crippen LogP contribution in [0.3, 0.4) is 0 Å². The lowest BCUT2D eigenvalue weighted by Crippen LogP contribution is -2.44. The highest BCUT2D eigenvalue weighted by atomic mass is 16.5. The molecule has 0 aromatic heterocycles. The molecule has 0 bridgehead atoms. The van der Waals surface area contributed by atoms with Gasteiger partial charge in [0.2, 0.25) is 5.91 Å².